The molecule has 0 bridgehead atoms. The van der Waals surface area contributed by atoms with E-state index in [2.05, 4.69) is 55.3 Å². The minimum atomic E-state index is 0.338. The summed E-state index contributed by atoms with van der Waals surface area (Å²) in [5.74, 6) is 0. The summed E-state index contributed by atoms with van der Waals surface area (Å²) in [5.41, 5.74) is 2.85. The summed E-state index contributed by atoms with van der Waals surface area (Å²) in [4.78, 5) is 2.50. The quantitative estimate of drug-likeness (QED) is 0.882. The highest BCUT2D eigenvalue weighted by molar-refractivity contribution is 5.27. The molecule has 1 saturated heterocycles. The third-order valence-electron chi connectivity index (χ3n) is 3.57. The highest BCUT2D eigenvalue weighted by atomic mass is 16.5. The van der Waals surface area contributed by atoms with Gasteiger partial charge in [-0.1, -0.05) is 31.2 Å². The van der Waals surface area contributed by atoms with E-state index in [4.69, 9.17) is 4.74 Å². The van der Waals surface area contributed by atoms with Crippen molar-refractivity contribution in [2.45, 2.75) is 46.1 Å². The normalized spacial score (nSPS) is 24.6. The van der Waals surface area contributed by atoms with E-state index < -0.39 is 0 Å². The van der Waals surface area contributed by atoms with Crippen LogP contribution in [0.2, 0.25) is 0 Å². The smallest absolute Gasteiger partial charge is 0.0678 e. The van der Waals surface area contributed by atoms with Crippen LogP contribution in [-0.4, -0.2) is 36.7 Å². The average molecular weight is 262 g/mol. The molecule has 1 N–H and O–H groups in total. The first-order valence-electron chi connectivity index (χ1n) is 7.34. The summed E-state index contributed by atoms with van der Waals surface area (Å²) in [6.45, 7) is 11.5. The fourth-order valence-corrected chi connectivity index (χ4v) is 2.80. The third kappa shape index (κ3) is 4.30. The summed E-state index contributed by atoms with van der Waals surface area (Å²) < 4.78 is 5.80. The number of morpholine rings is 1. The second-order valence-electron chi connectivity index (χ2n) is 5.50. The lowest BCUT2D eigenvalue weighted by atomic mass is 10.1. The molecular weight excluding hydrogens is 236 g/mol. The molecule has 1 aliphatic rings. The molecule has 3 nitrogen and oxygen atoms in total. The Hall–Kier alpha value is -0.900. The van der Waals surface area contributed by atoms with Crippen molar-refractivity contribution in [3.05, 3.63) is 35.4 Å². The van der Waals surface area contributed by atoms with Gasteiger partial charge in [0.1, 0.15) is 0 Å². The number of nitrogens with one attached hydrogen (secondary N) is 1. The van der Waals surface area contributed by atoms with Gasteiger partial charge in [-0.15, -0.1) is 0 Å². The zero-order chi connectivity index (χ0) is 13.7. The van der Waals surface area contributed by atoms with Crippen LogP contribution < -0.4 is 5.32 Å². The van der Waals surface area contributed by atoms with Gasteiger partial charge in [0, 0.05) is 26.2 Å². The highest BCUT2D eigenvalue weighted by Crippen LogP contribution is 2.16. The Labute approximate surface area is 116 Å². The predicted octanol–water partition coefficient (Wildman–Crippen LogP) is 2.41. The van der Waals surface area contributed by atoms with E-state index in [1.54, 1.807) is 0 Å². The van der Waals surface area contributed by atoms with Crippen LogP contribution >= 0.6 is 0 Å². The van der Waals surface area contributed by atoms with E-state index in [-0.39, 0.29) is 0 Å². The summed E-state index contributed by atoms with van der Waals surface area (Å²) in [7, 11) is 0. The molecule has 0 unspecified atom stereocenters. The Morgan fingerprint density at radius 3 is 2.42 bits per heavy atom. The topological polar surface area (TPSA) is 24.5 Å². The van der Waals surface area contributed by atoms with E-state index in [1.165, 1.54) is 11.1 Å². The Bertz CT molecular complexity index is 384. The molecule has 0 spiro atoms. The van der Waals surface area contributed by atoms with E-state index in [1.807, 2.05) is 0 Å². The monoisotopic (exact) mass is 262 g/mol. The molecule has 3 heteroatoms. The zero-order valence-electron chi connectivity index (χ0n) is 12.4. The standard InChI is InChI=1S/C16H26N2O/c1-4-17-9-15-7-5-6-8-16(15)12-18-10-13(2)19-14(3)11-18/h5-8,13-14,17H,4,9-12H2,1-3H3/t13-,14+. The molecule has 1 aromatic carbocycles. The van der Waals surface area contributed by atoms with Crippen LogP contribution in [0.15, 0.2) is 24.3 Å². The summed E-state index contributed by atoms with van der Waals surface area (Å²) >= 11 is 0. The lowest BCUT2D eigenvalue weighted by molar-refractivity contribution is -0.0705. The lowest BCUT2D eigenvalue weighted by Gasteiger charge is -2.35. The van der Waals surface area contributed by atoms with Crippen LogP contribution in [0.4, 0.5) is 0 Å². The number of ether oxygens (including phenoxy) is 1. The van der Waals surface area contributed by atoms with E-state index in [0.29, 0.717) is 12.2 Å². The van der Waals surface area contributed by atoms with Crippen LogP contribution in [0, 0.1) is 0 Å². The maximum Gasteiger partial charge on any atom is 0.0678 e. The molecule has 0 amide bonds. The van der Waals surface area contributed by atoms with Crippen molar-refractivity contribution in [1.29, 1.82) is 0 Å². The van der Waals surface area contributed by atoms with Crippen molar-refractivity contribution in [2.75, 3.05) is 19.6 Å². The number of benzene rings is 1. The molecule has 2 atom stereocenters. The Morgan fingerprint density at radius 1 is 1.16 bits per heavy atom. The minimum absolute atomic E-state index is 0.338. The van der Waals surface area contributed by atoms with Crippen molar-refractivity contribution in [3.63, 3.8) is 0 Å². The molecule has 1 aromatic rings. The average Bonchev–Trinajstić information content (AvgIpc) is 2.36. The van der Waals surface area contributed by atoms with Gasteiger partial charge < -0.3 is 10.1 Å². The van der Waals surface area contributed by atoms with Gasteiger partial charge in [-0.2, -0.15) is 0 Å². The van der Waals surface area contributed by atoms with Gasteiger partial charge in [-0.05, 0) is 31.5 Å². The molecule has 0 aromatic heterocycles. The molecule has 0 radical (unpaired) electrons. The van der Waals surface area contributed by atoms with Crippen molar-refractivity contribution in [1.82, 2.24) is 10.2 Å². The van der Waals surface area contributed by atoms with Gasteiger partial charge in [0.15, 0.2) is 0 Å². The van der Waals surface area contributed by atoms with Crippen molar-refractivity contribution >= 4 is 0 Å². The number of hydrogen-bond acceptors (Lipinski definition) is 3. The van der Waals surface area contributed by atoms with E-state index in [0.717, 1.165) is 32.7 Å². The second kappa shape index (κ2) is 7.04. The maximum atomic E-state index is 5.80. The number of hydrogen-bond donors (Lipinski definition) is 1. The van der Waals surface area contributed by atoms with Crippen LogP contribution in [0.3, 0.4) is 0 Å². The molecule has 0 aliphatic carbocycles. The van der Waals surface area contributed by atoms with Gasteiger partial charge in [-0.3, -0.25) is 4.90 Å². The first-order chi connectivity index (χ1) is 9.19. The largest absolute Gasteiger partial charge is 0.373 e. The first-order valence-corrected chi connectivity index (χ1v) is 7.34. The zero-order valence-corrected chi connectivity index (χ0v) is 12.4. The van der Waals surface area contributed by atoms with Gasteiger partial charge in [0.25, 0.3) is 0 Å². The maximum absolute atomic E-state index is 5.80. The van der Waals surface area contributed by atoms with Crippen LogP contribution in [0.1, 0.15) is 31.9 Å². The molecule has 2 rings (SSSR count). The molecule has 0 saturated carbocycles. The van der Waals surface area contributed by atoms with Crippen molar-refractivity contribution in [2.24, 2.45) is 0 Å². The van der Waals surface area contributed by atoms with E-state index >= 15 is 0 Å². The Balaban J connectivity index is 2.01. The predicted molar refractivity (Wildman–Crippen MR) is 79.1 cm³/mol. The minimum Gasteiger partial charge on any atom is -0.373 e. The van der Waals surface area contributed by atoms with Gasteiger partial charge in [0.2, 0.25) is 0 Å². The summed E-state index contributed by atoms with van der Waals surface area (Å²) in [6, 6.07) is 8.74. The van der Waals surface area contributed by atoms with Crippen LogP contribution in [0.5, 0.6) is 0 Å². The van der Waals surface area contributed by atoms with Gasteiger partial charge >= 0.3 is 0 Å². The van der Waals surface area contributed by atoms with Gasteiger partial charge in [-0.25, -0.2) is 0 Å². The number of rotatable bonds is 5. The Kier molecular flexibility index (Phi) is 5.37. The van der Waals surface area contributed by atoms with Crippen LogP contribution in [0.25, 0.3) is 0 Å². The second-order valence-corrected chi connectivity index (χ2v) is 5.50. The van der Waals surface area contributed by atoms with Crippen molar-refractivity contribution in [3.8, 4) is 0 Å². The molecule has 19 heavy (non-hydrogen) atoms. The SMILES string of the molecule is CCNCc1ccccc1CN1C[C@@H](C)O[C@@H](C)C1. The Morgan fingerprint density at radius 2 is 1.79 bits per heavy atom. The molecule has 1 aliphatic heterocycles. The molecule has 1 fully saturated rings. The third-order valence-corrected chi connectivity index (χ3v) is 3.57. The highest BCUT2D eigenvalue weighted by Gasteiger charge is 2.22. The number of nitrogens with zero attached hydrogens (tertiary/aromatic N) is 1. The summed E-state index contributed by atoms with van der Waals surface area (Å²) in [5, 5.41) is 3.42. The molecular formula is C16H26N2O. The fourth-order valence-electron chi connectivity index (χ4n) is 2.80. The summed E-state index contributed by atoms with van der Waals surface area (Å²) in [6.07, 6.45) is 0.675. The van der Waals surface area contributed by atoms with Crippen molar-refractivity contribution < 1.29 is 4.74 Å². The molecule has 1 heterocycles. The molecule has 106 valence electrons. The van der Waals surface area contributed by atoms with E-state index in [9.17, 15) is 0 Å². The lowest BCUT2D eigenvalue weighted by Crippen LogP contribution is -2.45. The first kappa shape index (κ1) is 14.5. The van der Waals surface area contributed by atoms with Gasteiger partial charge in [0.05, 0.1) is 12.2 Å². The van der Waals surface area contributed by atoms with Crippen LogP contribution in [-0.2, 0) is 17.8 Å². The fraction of sp³-hybridized carbons (Fsp3) is 0.625.